The van der Waals surface area contributed by atoms with Gasteiger partial charge >= 0.3 is 0 Å². The molecule has 6 heteroatoms. The van der Waals surface area contributed by atoms with E-state index in [1.54, 1.807) is 18.2 Å². The van der Waals surface area contributed by atoms with Gasteiger partial charge in [-0.25, -0.2) is 4.39 Å². The highest BCUT2D eigenvalue weighted by Crippen LogP contribution is 2.35. The Balaban J connectivity index is 1.31. The average molecular weight is 398 g/mol. The van der Waals surface area contributed by atoms with Crippen molar-refractivity contribution >= 4 is 11.6 Å². The van der Waals surface area contributed by atoms with E-state index in [2.05, 4.69) is 10.2 Å². The van der Waals surface area contributed by atoms with Crippen molar-refractivity contribution in [3.8, 4) is 0 Å². The number of piperidine rings is 1. The van der Waals surface area contributed by atoms with E-state index in [0.29, 0.717) is 38.0 Å². The van der Waals surface area contributed by atoms with Crippen LogP contribution in [0.4, 0.5) is 10.1 Å². The first-order chi connectivity index (χ1) is 13.9. The summed E-state index contributed by atoms with van der Waals surface area (Å²) < 4.78 is 14.1. The Hall–Kier alpha value is -2.28. The Kier molecular flexibility index (Phi) is 5.67. The van der Waals surface area contributed by atoms with Crippen LogP contribution in [-0.4, -0.2) is 40.7 Å². The van der Waals surface area contributed by atoms with Crippen molar-refractivity contribution < 1.29 is 19.4 Å². The minimum absolute atomic E-state index is 0.0638. The van der Waals surface area contributed by atoms with E-state index in [0.717, 1.165) is 24.1 Å². The van der Waals surface area contributed by atoms with Crippen molar-refractivity contribution in [3.63, 3.8) is 0 Å². The molecule has 3 N–H and O–H groups in total. The van der Waals surface area contributed by atoms with Gasteiger partial charge in [0.1, 0.15) is 5.82 Å². The molecule has 154 valence electrons. The number of anilines is 1. The van der Waals surface area contributed by atoms with Gasteiger partial charge in [0.2, 0.25) is 5.91 Å². The molecular weight excluding hydrogens is 371 g/mol. The van der Waals surface area contributed by atoms with Crippen LogP contribution < -0.4 is 5.32 Å². The highest BCUT2D eigenvalue weighted by molar-refractivity contribution is 5.94. The molecule has 0 radical (unpaired) electrons. The predicted octanol–water partition coefficient (Wildman–Crippen LogP) is 3.19. The number of hydrogen-bond acceptors (Lipinski definition) is 4. The Labute approximate surface area is 170 Å². The first-order valence-electron chi connectivity index (χ1n) is 10.2. The highest BCUT2D eigenvalue weighted by atomic mass is 19.1. The number of β-amino-alcohol motifs (C(OH)–C–C–N with tert-alkyl or cyclic N) is 1. The summed E-state index contributed by atoms with van der Waals surface area (Å²) >= 11 is 0. The van der Waals surface area contributed by atoms with Gasteiger partial charge in [0.15, 0.2) is 0 Å². The maximum absolute atomic E-state index is 14.1. The second kappa shape index (κ2) is 8.22. The van der Waals surface area contributed by atoms with Gasteiger partial charge in [-0.3, -0.25) is 4.79 Å². The average Bonchev–Trinajstić information content (AvgIpc) is 3.56. The fourth-order valence-corrected chi connectivity index (χ4v) is 3.94. The van der Waals surface area contributed by atoms with Crippen LogP contribution in [0.25, 0.3) is 0 Å². The minimum Gasteiger partial charge on any atom is -0.387 e. The molecule has 1 saturated heterocycles. The molecule has 4 rings (SSSR count). The van der Waals surface area contributed by atoms with E-state index in [1.807, 2.05) is 24.3 Å². The zero-order valence-electron chi connectivity index (χ0n) is 16.4. The molecule has 1 saturated carbocycles. The molecule has 1 amide bonds. The maximum atomic E-state index is 14.1. The normalized spacial score (nSPS) is 20.2. The first-order valence-corrected chi connectivity index (χ1v) is 10.2. The van der Waals surface area contributed by atoms with Gasteiger partial charge in [-0.15, -0.1) is 0 Å². The standard InChI is InChI=1S/C23H27FN2O3/c24-20-4-2-1-3-19(20)23(29)11-13-26(14-12-23)15-21(27)16-7-9-18(10-8-16)25-22(28)17-5-6-17/h1-4,7-10,17,21,27,29H,5-6,11-15H2,(H,25,28). The van der Waals surface area contributed by atoms with Crippen LogP contribution in [0.15, 0.2) is 48.5 Å². The van der Waals surface area contributed by atoms with Crippen LogP contribution in [0, 0.1) is 11.7 Å². The van der Waals surface area contributed by atoms with E-state index in [-0.39, 0.29) is 17.6 Å². The van der Waals surface area contributed by atoms with Crippen molar-refractivity contribution in [2.45, 2.75) is 37.4 Å². The zero-order valence-corrected chi connectivity index (χ0v) is 16.4. The number of carbonyl (C=O) groups is 1. The number of hydrogen-bond donors (Lipinski definition) is 3. The molecule has 5 nitrogen and oxygen atoms in total. The highest BCUT2D eigenvalue weighted by Gasteiger charge is 2.36. The molecular formula is C23H27FN2O3. The van der Waals surface area contributed by atoms with E-state index in [1.165, 1.54) is 6.07 Å². The number of halogens is 1. The second-order valence-electron chi connectivity index (χ2n) is 8.21. The minimum atomic E-state index is -1.16. The number of amides is 1. The third-order valence-electron chi connectivity index (χ3n) is 6.00. The summed E-state index contributed by atoms with van der Waals surface area (Å²) in [6, 6.07) is 13.7. The number of rotatable bonds is 6. The summed E-state index contributed by atoms with van der Waals surface area (Å²) in [5, 5.41) is 24.3. The Bertz CT molecular complexity index is 859. The quantitative estimate of drug-likeness (QED) is 0.699. The Morgan fingerprint density at radius 2 is 1.79 bits per heavy atom. The summed E-state index contributed by atoms with van der Waals surface area (Å²) in [6.45, 7) is 1.61. The molecule has 1 heterocycles. The first kappa shape index (κ1) is 20.0. The summed E-state index contributed by atoms with van der Waals surface area (Å²) in [6.07, 6.45) is 2.11. The number of nitrogens with zero attached hydrogens (tertiary/aromatic N) is 1. The number of likely N-dealkylation sites (tertiary alicyclic amines) is 1. The lowest BCUT2D eigenvalue weighted by molar-refractivity contribution is -0.117. The molecule has 1 atom stereocenters. The van der Waals surface area contributed by atoms with Gasteiger partial charge in [0.25, 0.3) is 0 Å². The van der Waals surface area contributed by atoms with Crippen LogP contribution in [-0.2, 0) is 10.4 Å². The fourth-order valence-electron chi connectivity index (χ4n) is 3.94. The number of aliphatic hydroxyl groups excluding tert-OH is 1. The summed E-state index contributed by atoms with van der Waals surface area (Å²) in [5.41, 5.74) is 0.716. The van der Waals surface area contributed by atoms with Crippen LogP contribution in [0.5, 0.6) is 0 Å². The van der Waals surface area contributed by atoms with Gasteiger partial charge in [0.05, 0.1) is 11.7 Å². The fraction of sp³-hybridized carbons (Fsp3) is 0.435. The number of benzene rings is 2. The maximum Gasteiger partial charge on any atom is 0.227 e. The summed E-state index contributed by atoms with van der Waals surface area (Å²) in [5.74, 6) is -0.159. The topological polar surface area (TPSA) is 72.8 Å². The Morgan fingerprint density at radius 1 is 1.14 bits per heavy atom. The molecule has 1 aliphatic heterocycles. The summed E-state index contributed by atoms with van der Waals surface area (Å²) in [7, 11) is 0. The van der Waals surface area contributed by atoms with Crippen molar-refractivity contribution in [2.75, 3.05) is 25.0 Å². The van der Waals surface area contributed by atoms with E-state index >= 15 is 0 Å². The molecule has 0 aromatic heterocycles. The Morgan fingerprint density at radius 3 is 2.41 bits per heavy atom. The molecule has 1 aliphatic carbocycles. The van der Waals surface area contributed by atoms with Crippen LogP contribution >= 0.6 is 0 Å². The largest absolute Gasteiger partial charge is 0.387 e. The van der Waals surface area contributed by atoms with Crippen molar-refractivity contribution in [1.29, 1.82) is 0 Å². The lowest BCUT2D eigenvalue weighted by Crippen LogP contribution is -2.44. The second-order valence-corrected chi connectivity index (χ2v) is 8.21. The molecule has 2 aromatic carbocycles. The lowest BCUT2D eigenvalue weighted by Gasteiger charge is -2.39. The SMILES string of the molecule is O=C(Nc1ccc(C(O)CN2CCC(O)(c3ccccc3F)CC2)cc1)C1CC1. The molecule has 2 fully saturated rings. The van der Waals surface area contributed by atoms with Crippen LogP contribution in [0.1, 0.15) is 42.9 Å². The van der Waals surface area contributed by atoms with Crippen molar-refractivity contribution in [1.82, 2.24) is 4.90 Å². The van der Waals surface area contributed by atoms with Crippen LogP contribution in [0.3, 0.4) is 0 Å². The van der Waals surface area contributed by atoms with Gasteiger partial charge < -0.3 is 20.4 Å². The van der Waals surface area contributed by atoms with Gasteiger partial charge in [0, 0.05) is 36.8 Å². The van der Waals surface area contributed by atoms with E-state index < -0.39 is 11.7 Å². The van der Waals surface area contributed by atoms with Crippen LogP contribution in [0.2, 0.25) is 0 Å². The predicted molar refractivity (Wildman–Crippen MR) is 109 cm³/mol. The summed E-state index contributed by atoms with van der Waals surface area (Å²) in [4.78, 5) is 13.9. The molecule has 29 heavy (non-hydrogen) atoms. The third kappa shape index (κ3) is 4.66. The smallest absolute Gasteiger partial charge is 0.227 e. The van der Waals surface area contributed by atoms with Crippen molar-refractivity contribution in [3.05, 3.63) is 65.5 Å². The van der Waals surface area contributed by atoms with Gasteiger partial charge in [-0.2, -0.15) is 0 Å². The molecule has 0 spiro atoms. The molecule has 0 bridgehead atoms. The monoisotopic (exact) mass is 398 g/mol. The van der Waals surface area contributed by atoms with Gasteiger partial charge in [-0.05, 0) is 49.4 Å². The number of aliphatic hydroxyl groups is 2. The number of nitrogens with one attached hydrogen (secondary N) is 1. The zero-order chi connectivity index (χ0) is 20.4. The lowest BCUT2D eigenvalue weighted by atomic mass is 9.84. The molecule has 1 unspecified atom stereocenters. The molecule has 2 aliphatic rings. The van der Waals surface area contributed by atoms with Crippen molar-refractivity contribution in [2.24, 2.45) is 5.92 Å². The molecule has 2 aromatic rings. The third-order valence-corrected chi connectivity index (χ3v) is 6.00. The van der Waals surface area contributed by atoms with E-state index in [4.69, 9.17) is 0 Å². The van der Waals surface area contributed by atoms with Gasteiger partial charge in [-0.1, -0.05) is 30.3 Å². The van der Waals surface area contributed by atoms with E-state index in [9.17, 15) is 19.4 Å². The number of carbonyl (C=O) groups excluding carboxylic acids is 1.